The maximum atomic E-state index is 13.2. The second-order valence-electron chi connectivity index (χ2n) is 4.93. The molecular weight excluding hydrogens is 263 g/mol. The molecule has 1 amide bonds. The number of thiocarbonyl (C=S) groups is 1. The van der Waals surface area contributed by atoms with Crippen molar-refractivity contribution in [3.63, 3.8) is 0 Å². The summed E-state index contributed by atoms with van der Waals surface area (Å²) in [6, 6.07) is 4.30. The third kappa shape index (κ3) is 3.10. The van der Waals surface area contributed by atoms with Gasteiger partial charge in [-0.25, -0.2) is 4.39 Å². The molecular formula is C14H17FN2OS. The summed E-state index contributed by atoms with van der Waals surface area (Å²) < 4.78 is 13.2. The monoisotopic (exact) mass is 280 g/mol. The number of nitrogens with zero attached hydrogens (tertiary/aromatic N) is 1. The summed E-state index contributed by atoms with van der Waals surface area (Å²) in [4.78, 5) is 14.6. The molecule has 3 nitrogen and oxygen atoms in total. The van der Waals surface area contributed by atoms with Crippen molar-refractivity contribution in [1.82, 2.24) is 4.90 Å². The van der Waals surface area contributed by atoms with Gasteiger partial charge in [-0.15, -0.1) is 0 Å². The minimum atomic E-state index is -0.382. The number of carbonyl (C=O) groups is 1. The van der Waals surface area contributed by atoms with Crippen LogP contribution >= 0.6 is 12.2 Å². The second-order valence-corrected chi connectivity index (χ2v) is 5.40. The standard InChI is InChI=1S/C14H17FN2OS/c1-9-2-3-11(15)8-12(9)14(18)17-6-4-10(5-7-17)13(16)19/h2-3,8,10H,4-7H2,1H3,(H2,16,19). The first-order valence-electron chi connectivity index (χ1n) is 6.34. The summed E-state index contributed by atoms with van der Waals surface area (Å²) in [7, 11) is 0. The molecule has 102 valence electrons. The van der Waals surface area contributed by atoms with Gasteiger partial charge in [0.1, 0.15) is 5.82 Å². The van der Waals surface area contributed by atoms with Gasteiger partial charge < -0.3 is 10.6 Å². The summed E-state index contributed by atoms with van der Waals surface area (Å²) in [5, 5.41) is 0. The SMILES string of the molecule is Cc1ccc(F)cc1C(=O)N1CCC(C(N)=S)CC1. The molecule has 0 radical (unpaired) electrons. The molecule has 0 aliphatic carbocycles. The first-order chi connectivity index (χ1) is 8.99. The highest BCUT2D eigenvalue weighted by Crippen LogP contribution is 2.20. The Bertz CT molecular complexity index is 510. The fourth-order valence-electron chi connectivity index (χ4n) is 2.36. The largest absolute Gasteiger partial charge is 0.393 e. The van der Waals surface area contributed by atoms with Gasteiger partial charge in [0.15, 0.2) is 0 Å². The summed E-state index contributed by atoms with van der Waals surface area (Å²) >= 11 is 4.98. The number of likely N-dealkylation sites (tertiary alicyclic amines) is 1. The average molecular weight is 280 g/mol. The van der Waals surface area contributed by atoms with E-state index in [9.17, 15) is 9.18 Å². The molecule has 0 spiro atoms. The molecule has 1 aliphatic heterocycles. The number of hydrogen-bond donors (Lipinski definition) is 1. The van der Waals surface area contributed by atoms with Gasteiger partial charge in [-0.3, -0.25) is 4.79 Å². The van der Waals surface area contributed by atoms with Crippen molar-refractivity contribution in [2.75, 3.05) is 13.1 Å². The third-order valence-electron chi connectivity index (χ3n) is 3.61. The van der Waals surface area contributed by atoms with Crippen LogP contribution in [0.4, 0.5) is 4.39 Å². The van der Waals surface area contributed by atoms with E-state index < -0.39 is 0 Å². The molecule has 1 aliphatic rings. The fourth-order valence-corrected chi connectivity index (χ4v) is 2.60. The Hall–Kier alpha value is -1.49. The van der Waals surface area contributed by atoms with E-state index in [2.05, 4.69) is 0 Å². The van der Waals surface area contributed by atoms with Gasteiger partial charge in [-0.1, -0.05) is 18.3 Å². The number of rotatable bonds is 2. The van der Waals surface area contributed by atoms with Crippen molar-refractivity contribution in [1.29, 1.82) is 0 Å². The Morgan fingerprint density at radius 2 is 2.05 bits per heavy atom. The molecule has 1 heterocycles. The quantitative estimate of drug-likeness (QED) is 0.845. The summed E-state index contributed by atoms with van der Waals surface area (Å²) in [6.07, 6.45) is 1.57. The minimum Gasteiger partial charge on any atom is -0.393 e. The van der Waals surface area contributed by atoms with Crippen LogP contribution in [-0.4, -0.2) is 28.9 Å². The van der Waals surface area contributed by atoms with E-state index in [1.807, 2.05) is 6.92 Å². The lowest BCUT2D eigenvalue weighted by Crippen LogP contribution is -2.41. The van der Waals surface area contributed by atoms with Crippen molar-refractivity contribution in [2.45, 2.75) is 19.8 Å². The number of nitrogens with two attached hydrogens (primary N) is 1. The number of carbonyl (C=O) groups excluding carboxylic acids is 1. The molecule has 1 fully saturated rings. The molecule has 0 aromatic heterocycles. The Morgan fingerprint density at radius 1 is 1.42 bits per heavy atom. The van der Waals surface area contributed by atoms with Gasteiger partial charge in [0.05, 0.1) is 4.99 Å². The Labute approximate surface area is 117 Å². The number of aryl methyl sites for hydroxylation is 1. The molecule has 5 heteroatoms. The molecule has 1 saturated heterocycles. The molecule has 1 aromatic carbocycles. The van der Waals surface area contributed by atoms with Crippen molar-refractivity contribution in [3.05, 3.63) is 35.1 Å². The summed E-state index contributed by atoms with van der Waals surface area (Å²) in [5.74, 6) is -0.280. The van der Waals surface area contributed by atoms with Crippen LogP contribution in [0.3, 0.4) is 0 Å². The minimum absolute atomic E-state index is 0.113. The van der Waals surface area contributed by atoms with Crippen molar-refractivity contribution in [3.8, 4) is 0 Å². The predicted octanol–water partition coefficient (Wildman–Crippen LogP) is 2.27. The maximum Gasteiger partial charge on any atom is 0.254 e. The summed E-state index contributed by atoms with van der Waals surface area (Å²) in [6.45, 7) is 3.06. The number of halogens is 1. The van der Waals surface area contributed by atoms with E-state index >= 15 is 0 Å². The Balaban J connectivity index is 2.09. The van der Waals surface area contributed by atoms with Gasteiger partial charge in [0.2, 0.25) is 0 Å². The van der Waals surface area contributed by atoms with Crippen molar-refractivity contribution >= 4 is 23.1 Å². The van der Waals surface area contributed by atoms with E-state index in [-0.39, 0.29) is 17.6 Å². The molecule has 1 aromatic rings. The highest BCUT2D eigenvalue weighted by Gasteiger charge is 2.25. The predicted molar refractivity (Wildman–Crippen MR) is 76.5 cm³/mol. The van der Waals surface area contributed by atoms with Crippen LogP contribution in [0.25, 0.3) is 0 Å². The van der Waals surface area contributed by atoms with Gasteiger partial charge in [0.25, 0.3) is 5.91 Å². The molecule has 0 unspecified atom stereocenters. The summed E-state index contributed by atoms with van der Waals surface area (Å²) in [5.41, 5.74) is 6.86. The first kappa shape index (κ1) is 13.9. The van der Waals surface area contributed by atoms with E-state index in [1.165, 1.54) is 12.1 Å². The Morgan fingerprint density at radius 3 is 2.63 bits per heavy atom. The topological polar surface area (TPSA) is 46.3 Å². The lowest BCUT2D eigenvalue weighted by molar-refractivity contribution is 0.0709. The van der Waals surface area contributed by atoms with Gasteiger partial charge in [-0.2, -0.15) is 0 Å². The van der Waals surface area contributed by atoms with Gasteiger partial charge in [-0.05, 0) is 37.5 Å². The zero-order valence-corrected chi connectivity index (χ0v) is 11.7. The van der Waals surface area contributed by atoms with Crippen LogP contribution in [0, 0.1) is 18.7 Å². The zero-order chi connectivity index (χ0) is 14.0. The third-order valence-corrected chi connectivity index (χ3v) is 3.95. The molecule has 19 heavy (non-hydrogen) atoms. The maximum absolute atomic E-state index is 13.2. The van der Waals surface area contributed by atoms with Crippen LogP contribution in [-0.2, 0) is 0 Å². The van der Waals surface area contributed by atoms with E-state index in [0.29, 0.717) is 23.6 Å². The highest BCUT2D eigenvalue weighted by molar-refractivity contribution is 7.80. The lowest BCUT2D eigenvalue weighted by atomic mass is 9.96. The lowest BCUT2D eigenvalue weighted by Gasteiger charge is -2.31. The van der Waals surface area contributed by atoms with Crippen molar-refractivity contribution in [2.24, 2.45) is 11.7 Å². The number of amides is 1. The van der Waals surface area contributed by atoms with E-state index in [0.717, 1.165) is 18.4 Å². The fraction of sp³-hybridized carbons (Fsp3) is 0.429. The van der Waals surface area contributed by atoms with Crippen LogP contribution in [0.2, 0.25) is 0 Å². The molecule has 2 N–H and O–H groups in total. The molecule has 0 atom stereocenters. The number of hydrogen-bond acceptors (Lipinski definition) is 2. The van der Waals surface area contributed by atoms with E-state index in [4.69, 9.17) is 18.0 Å². The van der Waals surface area contributed by atoms with Crippen LogP contribution in [0.5, 0.6) is 0 Å². The average Bonchev–Trinajstić information content (AvgIpc) is 2.41. The second kappa shape index (κ2) is 5.65. The number of piperidine rings is 1. The first-order valence-corrected chi connectivity index (χ1v) is 6.74. The van der Waals surface area contributed by atoms with Crippen molar-refractivity contribution < 1.29 is 9.18 Å². The van der Waals surface area contributed by atoms with E-state index in [1.54, 1.807) is 11.0 Å². The van der Waals surface area contributed by atoms with Gasteiger partial charge >= 0.3 is 0 Å². The number of benzene rings is 1. The molecule has 0 bridgehead atoms. The van der Waals surface area contributed by atoms with Crippen LogP contribution in [0.15, 0.2) is 18.2 Å². The van der Waals surface area contributed by atoms with Crippen LogP contribution in [0.1, 0.15) is 28.8 Å². The molecule has 0 saturated carbocycles. The highest BCUT2D eigenvalue weighted by atomic mass is 32.1. The smallest absolute Gasteiger partial charge is 0.254 e. The normalized spacial score (nSPS) is 16.4. The van der Waals surface area contributed by atoms with Gasteiger partial charge in [0, 0.05) is 24.6 Å². The Kier molecular flexibility index (Phi) is 4.14. The molecule has 2 rings (SSSR count). The van der Waals surface area contributed by atoms with Crippen LogP contribution < -0.4 is 5.73 Å². The zero-order valence-electron chi connectivity index (χ0n) is 10.9.